The second-order valence-electron chi connectivity index (χ2n) is 4.51. The Kier molecular flexibility index (Phi) is 3.61. The molecule has 2 heterocycles. The average molecular weight is 284 g/mol. The number of amides is 1. The molecule has 104 valence electrons. The summed E-state index contributed by atoms with van der Waals surface area (Å²) in [6.45, 7) is 0.238. The second kappa shape index (κ2) is 5.04. The summed E-state index contributed by atoms with van der Waals surface area (Å²) in [6.07, 6.45) is 1.31. The minimum Gasteiger partial charge on any atom is -0.396 e. The normalized spacial score (nSPS) is 21.2. The SMILES string of the molecule is NC(=O)c1ccc(N)c(NCC2CCCS2(=O)=O)n1. The number of nitrogen functional groups attached to an aromatic ring is 1. The molecule has 0 spiro atoms. The van der Waals surface area contributed by atoms with E-state index in [2.05, 4.69) is 10.3 Å². The molecule has 2 rings (SSSR count). The van der Waals surface area contributed by atoms with E-state index in [1.807, 2.05) is 0 Å². The lowest BCUT2D eigenvalue weighted by atomic mass is 10.2. The van der Waals surface area contributed by atoms with Gasteiger partial charge in [-0.1, -0.05) is 0 Å². The van der Waals surface area contributed by atoms with Crippen LogP contribution in [0, 0.1) is 0 Å². The molecule has 0 bridgehead atoms. The first-order valence-corrected chi connectivity index (χ1v) is 7.63. The number of hydrogen-bond donors (Lipinski definition) is 3. The van der Waals surface area contributed by atoms with Gasteiger partial charge in [-0.15, -0.1) is 0 Å². The molecule has 1 amide bonds. The van der Waals surface area contributed by atoms with Gasteiger partial charge < -0.3 is 16.8 Å². The second-order valence-corrected chi connectivity index (χ2v) is 6.91. The minimum atomic E-state index is -3.02. The molecule has 1 aromatic heterocycles. The van der Waals surface area contributed by atoms with Crippen molar-refractivity contribution in [2.45, 2.75) is 18.1 Å². The lowest BCUT2D eigenvalue weighted by molar-refractivity contribution is 0.0995. The number of nitrogens with one attached hydrogen (secondary N) is 1. The minimum absolute atomic E-state index is 0.0889. The maximum Gasteiger partial charge on any atom is 0.267 e. The van der Waals surface area contributed by atoms with E-state index in [0.717, 1.165) is 0 Å². The van der Waals surface area contributed by atoms with Crippen LogP contribution < -0.4 is 16.8 Å². The van der Waals surface area contributed by atoms with E-state index in [9.17, 15) is 13.2 Å². The van der Waals surface area contributed by atoms with Crippen LogP contribution in [-0.2, 0) is 9.84 Å². The Hall–Kier alpha value is -1.83. The van der Waals surface area contributed by atoms with Gasteiger partial charge in [-0.05, 0) is 25.0 Å². The quantitative estimate of drug-likeness (QED) is 0.699. The van der Waals surface area contributed by atoms with Gasteiger partial charge in [-0.25, -0.2) is 13.4 Å². The van der Waals surface area contributed by atoms with Crippen LogP contribution in [-0.4, -0.2) is 36.9 Å². The topological polar surface area (TPSA) is 128 Å². The summed E-state index contributed by atoms with van der Waals surface area (Å²) in [7, 11) is -3.02. The number of anilines is 2. The monoisotopic (exact) mass is 284 g/mol. The molecule has 1 unspecified atom stereocenters. The number of nitrogens with two attached hydrogens (primary N) is 2. The molecule has 7 nitrogen and oxygen atoms in total. The summed E-state index contributed by atoms with van der Waals surface area (Å²) in [5, 5.41) is 2.46. The summed E-state index contributed by atoms with van der Waals surface area (Å²) in [4.78, 5) is 15.0. The highest BCUT2D eigenvalue weighted by Gasteiger charge is 2.31. The fourth-order valence-electron chi connectivity index (χ4n) is 2.05. The first-order chi connectivity index (χ1) is 8.90. The molecule has 1 atom stereocenters. The van der Waals surface area contributed by atoms with Crippen molar-refractivity contribution in [3.05, 3.63) is 17.8 Å². The summed E-state index contributed by atoms with van der Waals surface area (Å²) >= 11 is 0. The van der Waals surface area contributed by atoms with E-state index >= 15 is 0 Å². The smallest absolute Gasteiger partial charge is 0.267 e. The number of rotatable bonds is 4. The van der Waals surface area contributed by atoms with Crippen LogP contribution in [0.15, 0.2) is 12.1 Å². The van der Waals surface area contributed by atoms with Gasteiger partial charge in [0.05, 0.1) is 16.7 Å². The lowest BCUT2D eigenvalue weighted by Gasteiger charge is -2.13. The van der Waals surface area contributed by atoms with Gasteiger partial charge in [0.25, 0.3) is 5.91 Å². The molecule has 5 N–H and O–H groups in total. The van der Waals surface area contributed by atoms with E-state index in [1.54, 1.807) is 0 Å². The molecule has 8 heteroatoms. The van der Waals surface area contributed by atoms with Crippen LogP contribution in [0.3, 0.4) is 0 Å². The van der Waals surface area contributed by atoms with Crippen LogP contribution in [0.25, 0.3) is 0 Å². The maximum atomic E-state index is 11.7. The molecular formula is C11H16N4O3S. The third-order valence-electron chi connectivity index (χ3n) is 3.14. The zero-order chi connectivity index (χ0) is 14.0. The Bertz CT molecular complexity index is 600. The zero-order valence-corrected chi connectivity index (χ0v) is 11.1. The third-order valence-corrected chi connectivity index (χ3v) is 5.41. The van der Waals surface area contributed by atoms with Gasteiger partial charge in [0, 0.05) is 6.54 Å². The molecule has 19 heavy (non-hydrogen) atoms. The van der Waals surface area contributed by atoms with E-state index in [1.165, 1.54) is 12.1 Å². The molecule has 1 aromatic rings. The van der Waals surface area contributed by atoms with Crippen LogP contribution >= 0.6 is 0 Å². The number of carbonyl (C=O) groups is 1. The Labute approximate surface area is 111 Å². The summed E-state index contributed by atoms with van der Waals surface area (Å²) in [5.41, 5.74) is 11.3. The first kappa shape index (κ1) is 13.6. The summed E-state index contributed by atoms with van der Waals surface area (Å²) < 4.78 is 23.4. The maximum absolute atomic E-state index is 11.7. The largest absolute Gasteiger partial charge is 0.396 e. The number of hydrogen-bond acceptors (Lipinski definition) is 6. The number of pyridine rings is 1. The summed E-state index contributed by atoms with van der Waals surface area (Å²) in [5.74, 6) is -0.140. The number of aromatic nitrogens is 1. The molecule has 0 aliphatic carbocycles. The van der Waals surface area contributed by atoms with Gasteiger partial charge in [0.15, 0.2) is 9.84 Å². The van der Waals surface area contributed by atoms with Crippen molar-refractivity contribution in [2.24, 2.45) is 5.73 Å². The Balaban J connectivity index is 2.11. The van der Waals surface area contributed by atoms with E-state index < -0.39 is 21.0 Å². The van der Waals surface area contributed by atoms with Crippen molar-refractivity contribution in [1.82, 2.24) is 4.98 Å². The molecule has 0 saturated carbocycles. The molecular weight excluding hydrogens is 268 g/mol. The van der Waals surface area contributed by atoms with Crippen molar-refractivity contribution in [3.8, 4) is 0 Å². The molecule has 0 radical (unpaired) electrons. The number of sulfone groups is 1. The van der Waals surface area contributed by atoms with Crippen LogP contribution in [0.5, 0.6) is 0 Å². The average Bonchev–Trinajstić information content (AvgIpc) is 2.67. The predicted octanol–water partition coefficient (Wildman–Crippen LogP) is -0.248. The van der Waals surface area contributed by atoms with Crippen LogP contribution in [0.4, 0.5) is 11.5 Å². The van der Waals surface area contributed by atoms with Crippen LogP contribution in [0.2, 0.25) is 0 Å². The van der Waals surface area contributed by atoms with Crippen molar-refractivity contribution < 1.29 is 13.2 Å². The Morgan fingerprint density at radius 3 is 2.79 bits per heavy atom. The standard InChI is InChI=1S/C11H16N4O3S/c12-8-3-4-9(10(13)16)15-11(8)14-6-7-2-1-5-19(7,17)18/h3-4,7H,1-2,5-6,12H2,(H2,13,16)(H,14,15). The van der Waals surface area contributed by atoms with Crippen molar-refractivity contribution in [3.63, 3.8) is 0 Å². The van der Waals surface area contributed by atoms with Gasteiger partial charge in [0.2, 0.25) is 0 Å². The van der Waals surface area contributed by atoms with E-state index in [-0.39, 0.29) is 18.0 Å². The van der Waals surface area contributed by atoms with Gasteiger partial charge in [0.1, 0.15) is 11.5 Å². The Morgan fingerprint density at radius 2 is 2.21 bits per heavy atom. The van der Waals surface area contributed by atoms with E-state index in [0.29, 0.717) is 24.3 Å². The van der Waals surface area contributed by atoms with Crippen molar-refractivity contribution in [2.75, 3.05) is 23.3 Å². The first-order valence-electron chi connectivity index (χ1n) is 5.92. The molecule has 1 saturated heterocycles. The highest BCUT2D eigenvalue weighted by Crippen LogP contribution is 2.22. The van der Waals surface area contributed by atoms with Crippen molar-refractivity contribution in [1.29, 1.82) is 0 Å². The highest BCUT2D eigenvalue weighted by atomic mass is 32.2. The van der Waals surface area contributed by atoms with Gasteiger partial charge >= 0.3 is 0 Å². The summed E-state index contributed by atoms with van der Waals surface area (Å²) in [6, 6.07) is 2.94. The van der Waals surface area contributed by atoms with Gasteiger partial charge in [-0.2, -0.15) is 0 Å². The fraction of sp³-hybridized carbons (Fsp3) is 0.455. The zero-order valence-electron chi connectivity index (χ0n) is 10.3. The lowest BCUT2D eigenvalue weighted by Crippen LogP contribution is -2.26. The number of carbonyl (C=O) groups excluding carboxylic acids is 1. The molecule has 0 aromatic carbocycles. The fourth-order valence-corrected chi connectivity index (χ4v) is 3.81. The molecule has 1 aliphatic rings. The van der Waals surface area contributed by atoms with Crippen LogP contribution in [0.1, 0.15) is 23.3 Å². The predicted molar refractivity (Wildman–Crippen MR) is 72.5 cm³/mol. The van der Waals surface area contributed by atoms with Crippen molar-refractivity contribution >= 4 is 27.2 Å². The molecule has 1 aliphatic heterocycles. The highest BCUT2D eigenvalue weighted by molar-refractivity contribution is 7.92. The third kappa shape index (κ3) is 2.95. The molecule has 1 fully saturated rings. The number of nitrogens with zero attached hydrogens (tertiary/aromatic N) is 1. The number of primary amides is 1. The van der Waals surface area contributed by atoms with E-state index in [4.69, 9.17) is 11.5 Å². The van der Waals surface area contributed by atoms with Gasteiger partial charge in [-0.3, -0.25) is 4.79 Å². The Morgan fingerprint density at radius 1 is 1.47 bits per heavy atom.